The van der Waals surface area contributed by atoms with E-state index < -0.39 is 17.8 Å². The van der Waals surface area contributed by atoms with Crippen LogP contribution in [0.1, 0.15) is 18.4 Å². The van der Waals surface area contributed by atoms with Gasteiger partial charge in [0.05, 0.1) is 18.4 Å². The second-order valence-corrected chi connectivity index (χ2v) is 5.39. The second-order valence-electron chi connectivity index (χ2n) is 4.54. The summed E-state index contributed by atoms with van der Waals surface area (Å²) in [7, 11) is 1.31. The van der Waals surface area contributed by atoms with Crippen molar-refractivity contribution in [3.63, 3.8) is 0 Å². The first-order valence-electron chi connectivity index (χ1n) is 6.06. The van der Waals surface area contributed by atoms with Gasteiger partial charge in [-0.15, -0.1) is 0 Å². The Kier molecular flexibility index (Phi) is 4.27. The number of hydrogen-bond donors (Lipinski definition) is 0. The molecule has 1 aromatic carbocycles. The van der Waals surface area contributed by atoms with Crippen LogP contribution in [0.25, 0.3) is 0 Å². The molecule has 0 spiro atoms. The largest absolute Gasteiger partial charge is 0.467 e. The maximum atomic E-state index is 12.6. The van der Waals surface area contributed by atoms with Gasteiger partial charge in [-0.05, 0) is 47.0 Å². The number of methoxy groups -OCH3 is 1. The van der Waals surface area contributed by atoms with Crippen LogP contribution in [0.4, 0.5) is 18.9 Å². The summed E-state index contributed by atoms with van der Waals surface area (Å²) in [4.78, 5) is 13.4. The molecule has 1 atom stereocenters. The van der Waals surface area contributed by atoms with Crippen LogP contribution in [-0.2, 0) is 15.7 Å². The summed E-state index contributed by atoms with van der Waals surface area (Å²) >= 11 is 3.15. The molecule has 1 aliphatic heterocycles. The van der Waals surface area contributed by atoms with Gasteiger partial charge in [0.15, 0.2) is 0 Å². The minimum Gasteiger partial charge on any atom is -0.467 e. The predicted octanol–water partition coefficient (Wildman–Crippen LogP) is 3.61. The molecule has 7 heteroatoms. The predicted molar refractivity (Wildman–Crippen MR) is 71.5 cm³/mol. The van der Waals surface area contributed by atoms with Crippen LogP contribution >= 0.6 is 15.9 Å². The van der Waals surface area contributed by atoms with Crippen molar-refractivity contribution >= 4 is 27.6 Å². The molecule has 110 valence electrons. The molecule has 0 bridgehead atoms. The first kappa shape index (κ1) is 15.2. The van der Waals surface area contributed by atoms with Gasteiger partial charge in [0.1, 0.15) is 6.04 Å². The number of carbonyl (C=O) groups is 1. The zero-order chi connectivity index (χ0) is 14.9. The molecular weight excluding hydrogens is 339 g/mol. The van der Waals surface area contributed by atoms with E-state index in [0.29, 0.717) is 23.1 Å². The first-order chi connectivity index (χ1) is 9.34. The lowest BCUT2D eigenvalue weighted by molar-refractivity contribution is -0.142. The molecule has 20 heavy (non-hydrogen) atoms. The van der Waals surface area contributed by atoms with E-state index in [9.17, 15) is 18.0 Å². The Morgan fingerprint density at radius 2 is 2.15 bits per heavy atom. The smallest absolute Gasteiger partial charge is 0.416 e. The molecule has 0 aromatic heterocycles. The van der Waals surface area contributed by atoms with Crippen molar-refractivity contribution in [1.82, 2.24) is 0 Å². The highest BCUT2D eigenvalue weighted by Gasteiger charge is 2.35. The van der Waals surface area contributed by atoms with Crippen molar-refractivity contribution < 1.29 is 22.7 Å². The first-order valence-corrected chi connectivity index (χ1v) is 6.85. The van der Waals surface area contributed by atoms with Gasteiger partial charge < -0.3 is 9.64 Å². The molecule has 1 aliphatic rings. The van der Waals surface area contributed by atoms with Crippen molar-refractivity contribution in [2.24, 2.45) is 0 Å². The standard InChI is InChI=1S/C13H13BrF3NO2/c1-20-12(19)11-3-2-6-18(11)10-5-4-8(7-9(10)14)13(15,16)17/h4-5,7,11H,2-3,6H2,1H3. The molecule has 1 fully saturated rings. The van der Waals surface area contributed by atoms with Crippen molar-refractivity contribution in [3.05, 3.63) is 28.2 Å². The Morgan fingerprint density at radius 1 is 1.45 bits per heavy atom. The number of carbonyl (C=O) groups excluding carboxylic acids is 1. The van der Waals surface area contributed by atoms with Crippen LogP contribution in [-0.4, -0.2) is 25.7 Å². The number of alkyl halides is 3. The lowest BCUT2D eigenvalue weighted by atomic mass is 10.1. The third kappa shape index (κ3) is 2.92. The minimum atomic E-state index is -4.38. The van der Waals surface area contributed by atoms with E-state index >= 15 is 0 Å². The highest BCUT2D eigenvalue weighted by Crippen LogP contribution is 2.37. The number of benzene rings is 1. The maximum Gasteiger partial charge on any atom is 0.416 e. The summed E-state index contributed by atoms with van der Waals surface area (Å²) in [6.45, 7) is 0.615. The fourth-order valence-corrected chi connectivity index (χ4v) is 2.96. The van der Waals surface area contributed by atoms with Gasteiger partial charge in [0, 0.05) is 11.0 Å². The molecule has 0 radical (unpaired) electrons. The van der Waals surface area contributed by atoms with E-state index in [4.69, 9.17) is 4.74 Å². The van der Waals surface area contributed by atoms with Crippen LogP contribution in [0.15, 0.2) is 22.7 Å². The van der Waals surface area contributed by atoms with E-state index in [2.05, 4.69) is 15.9 Å². The average molecular weight is 352 g/mol. The third-order valence-corrected chi connectivity index (χ3v) is 3.95. The fraction of sp³-hybridized carbons (Fsp3) is 0.462. The van der Waals surface area contributed by atoms with Crippen LogP contribution < -0.4 is 4.90 Å². The normalized spacial score (nSPS) is 19.2. The van der Waals surface area contributed by atoms with Crippen LogP contribution in [0, 0.1) is 0 Å². The van der Waals surface area contributed by atoms with Gasteiger partial charge in [-0.2, -0.15) is 13.2 Å². The van der Waals surface area contributed by atoms with E-state index in [-0.39, 0.29) is 5.97 Å². The lowest BCUT2D eigenvalue weighted by Gasteiger charge is -2.26. The summed E-state index contributed by atoms with van der Waals surface area (Å²) in [5.74, 6) is -0.366. The SMILES string of the molecule is COC(=O)C1CCCN1c1ccc(C(F)(F)F)cc1Br. The quantitative estimate of drug-likeness (QED) is 0.762. The second kappa shape index (κ2) is 5.63. The average Bonchev–Trinajstić information content (AvgIpc) is 2.85. The van der Waals surface area contributed by atoms with Gasteiger partial charge in [-0.25, -0.2) is 4.79 Å². The zero-order valence-electron chi connectivity index (χ0n) is 10.7. The van der Waals surface area contributed by atoms with Gasteiger partial charge in [0.2, 0.25) is 0 Å². The molecule has 1 heterocycles. The molecule has 0 aliphatic carbocycles. The Hall–Kier alpha value is -1.24. The Morgan fingerprint density at radius 3 is 2.70 bits per heavy atom. The summed E-state index contributed by atoms with van der Waals surface area (Å²) in [5, 5.41) is 0. The van der Waals surface area contributed by atoms with Gasteiger partial charge in [-0.3, -0.25) is 0 Å². The minimum absolute atomic E-state index is 0.322. The number of nitrogens with zero attached hydrogens (tertiary/aromatic N) is 1. The van der Waals surface area contributed by atoms with Crippen molar-refractivity contribution in [2.75, 3.05) is 18.6 Å². The molecule has 1 saturated heterocycles. The number of esters is 1. The fourth-order valence-electron chi connectivity index (χ4n) is 2.35. The molecule has 0 N–H and O–H groups in total. The van der Waals surface area contributed by atoms with Crippen LogP contribution in [0.5, 0.6) is 0 Å². The number of ether oxygens (including phenoxy) is 1. The molecule has 3 nitrogen and oxygen atoms in total. The van der Waals surface area contributed by atoms with Gasteiger partial charge in [-0.1, -0.05) is 0 Å². The zero-order valence-corrected chi connectivity index (χ0v) is 12.3. The highest BCUT2D eigenvalue weighted by atomic mass is 79.9. The van der Waals surface area contributed by atoms with Gasteiger partial charge in [0.25, 0.3) is 0 Å². The van der Waals surface area contributed by atoms with E-state index in [1.165, 1.54) is 13.2 Å². The van der Waals surface area contributed by atoms with E-state index in [0.717, 1.165) is 18.6 Å². The Bertz CT molecular complexity index is 519. The highest BCUT2D eigenvalue weighted by molar-refractivity contribution is 9.10. The van der Waals surface area contributed by atoms with Crippen molar-refractivity contribution in [3.8, 4) is 0 Å². The van der Waals surface area contributed by atoms with Gasteiger partial charge >= 0.3 is 12.1 Å². The summed E-state index contributed by atoms with van der Waals surface area (Å²) in [6, 6.07) is 3.00. The topological polar surface area (TPSA) is 29.5 Å². The number of anilines is 1. The molecule has 2 rings (SSSR count). The Balaban J connectivity index is 2.31. The Labute approximate surface area is 122 Å². The molecule has 0 saturated carbocycles. The van der Waals surface area contributed by atoms with Crippen LogP contribution in [0.3, 0.4) is 0 Å². The van der Waals surface area contributed by atoms with Crippen LogP contribution in [0.2, 0.25) is 0 Å². The molecule has 0 amide bonds. The maximum absolute atomic E-state index is 12.6. The van der Waals surface area contributed by atoms with E-state index in [1.807, 2.05) is 0 Å². The number of halogens is 4. The summed E-state index contributed by atoms with van der Waals surface area (Å²) in [5.41, 5.74) is -0.146. The van der Waals surface area contributed by atoms with Crippen molar-refractivity contribution in [1.29, 1.82) is 0 Å². The van der Waals surface area contributed by atoms with Crippen molar-refractivity contribution in [2.45, 2.75) is 25.1 Å². The molecular formula is C13H13BrF3NO2. The number of hydrogen-bond acceptors (Lipinski definition) is 3. The molecule has 1 aromatic rings. The monoisotopic (exact) mass is 351 g/mol. The lowest BCUT2D eigenvalue weighted by Crippen LogP contribution is -2.37. The van der Waals surface area contributed by atoms with E-state index in [1.54, 1.807) is 4.90 Å². The summed E-state index contributed by atoms with van der Waals surface area (Å²) in [6.07, 6.45) is -2.94. The third-order valence-electron chi connectivity index (χ3n) is 3.31. The summed E-state index contributed by atoms with van der Waals surface area (Å²) < 4.78 is 42.9. The number of rotatable bonds is 2. The molecule has 1 unspecified atom stereocenters.